The van der Waals surface area contributed by atoms with Gasteiger partial charge in [-0.15, -0.1) is 0 Å². The summed E-state index contributed by atoms with van der Waals surface area (Å²) in [5.41, 5.74) is 6.00. The molecule has 3 aliphatic rings. The smallest absolute Gasteiger partial charge is 0.229 e. The summed E-state index contributed by atoms with van der Waals surface area (Å²) in [4.78, 5) is 17.1. The van der Waals surface area contributed by atoms with Gasteiger partial charge in [0.05, 0.1) is 6.04 Å². The molecule has 9 heteroatoms. The van der Waals surface area contributed by atoms with E-state index in [1.807, 2.05) is 13.8 Å². The van der Waals surface area contributed by atoms with Gasteiger partial charge in [-0.3, -0.25) is 10.1 Å². The van der Waals surface area contributed by atoms with Crippen LogP contribution in [0, 0.1) is 11.8 Å². The summed E-state index contributed by atoms with van der Waals surface area (Å²) in [7, 11) is 0. The van der Waals surface area contributed by atoms with Crippen molar-refractivity contribution in [2.24, 2.45) is 16.8 Å². The van der Waals surface area contributed by atoms with Crippen LogP contribution < -0.4 is 21.5 Å². The quantitative estimate of drug-likeness (QED) is 0.439. The number of halogens is 3. The lowest BCUT2D eigenvalue weighted by Gasteiger charge is -2.29. The zero-order valence-electron chi connectivity index (χ0n) is 15.9. The van der Waals surface area contributed by atoms with Crippen molar-refractivity contribution in [1.29, 1.82) is 0 Å². The normalized spacial score (nSPS) is 39.9. The minimum absolute atomic E-state index is 0.00631. The molecule has 7 atom stereocenters. The number of carbonyl (C=O) groups excluding carboxylic acids is 1. The van der Waals surface area contributed by atoms with Crippen LogP contribution in [0.3, 0.4) is 0 Å². The number of carbonyl (C=O) groups is 1. The Kier molecular flexibility index (Phi) is 6.62. The second-order valence-corrected chi connectivity index (χ2v) is 8.18. The monoisotopic (exact) mass is 389 g/mol. The van der Waals surface area contributed by atoms with Gasteiger partial charge < -0.3 is 5.32 Å². The lowest BCUT2D eigenvalue weighted by atomic mass is 9.83. The van der Waals surface area contributed by atoms with Crippen LogP contribution in [0.15, 0.2) is 4.99 Å². The molecule has 0 aromatic rings. The van der Waals surface area contributed by atoms with Gasteiger partial charge in [0, 0.05) is 17.9 Å². The number of fused-ring (bicyclic) bond motifs is 1. The SMILES string of the molecule is CC(C)N/C(=N\C1NNC2C(F)CCCC12)NC(=O)C1CCC(F)C(F)C1. The van der Waals surface area contributed by atoms with E-state index in [0.29, 0.717) is 12.8 Å². The van der Waals surface area contributed by atoms with Crippen LogP contribution in [0.4, 0.5) is 13.2 Å². The van der Waals surface area contributed by atoms with Crippen molar-refractivity contribution in [2.75, 3.05) is 0 Å². The fraction of sp³-hybridized carbons (Fsp3) is 0.889. The summed E-state index contributed by atoms with van der Waals surface area (Å²) >= 11 is 0. The standard InChI is InChI=1S/C18H30F3N5O/c1-9(2)22-18(24-17(27)10-6-7-12(19)14(21)8-10)23-16-11-4-3-5-13(20)15(11)25-26-16/h9-16,25-26H,3-8H2,1-2H3,(H2,22,23,24,27). The molecule has 154 valence electrons. The van der Waals surface area contributed by atoms with E-state index < -0.39 is 24.4 Å². The molecule has 2 aliphatic carbocycles. The van der Waals surface area contributed by atoms with Crippen LogP contribution >= 0.6 is 0 Å². The van der Waals surface area contributed by atoms with Gasteiger partial charge in [-0.2, -0.15) is 0 Å². The number of nitrogens with one attached hydrogen (secondary N) is 4. The highest BCUT2D eigenvalue weighted by Crippen LogP contribution is 2.32. The van der Waals surface area contributed by atoms with Crippen LogP contribution in [0.5, 0.6) is 0 Å². The first kappa shape index (κ1) is 20.4. The summed E-state index contributed by atoms with van der Waals surface area (Å²) in [6.07, 6.45) is -1.89. The first-order chi connectivity index (χ1) is 12.8. The summed E-state index contributed by atoms with van der Waals surface area (Å²) in [6, 6.07) is -0.263. The Morgan fingerprint density at radius 2 is 1.81 bits per heavy atom. The van der Waals surface area contributed by atoms with Crippen LogP contribution in [0.25, 0.3) is 0 Å². The number of rotatable bonds is 3. The number of amides is 1. The highest BCUT2D eigenvalue weighted by Gasteiger charge is 2.43. The van der Waals surface area contributed by atoms with E-state index in [0.717, 1.165) is 12.8 Å². The Bertz CT molecular complexity index is 561. The van der Waals surface area contributed by atoms with Crippen molar-refractivity contribution in [1.82, 2.24) is 21.5 Å². The second kappa shape index (κ2) is 8.77. The highest BCUT2D eigenvalue weighted by molar-refractivity contribution is 5.98. The molecule has 2 saturated carbocycles. The summed E-state index contributed by atoms with van der Waals surface area (Å²) in [5, 5.41) is 5.83. The number of alkyl halides is 3. The van der Waals surface area contributed by atoms with E-state index >= 15 is 0 Å². The zero-order chi connectivity index (χ0) is 19.6. The molecule has 0 aromatic heterocycles. The Morgan fingerprint density at radius 1 is 1.04 bits per heavy atom. The average Bonchev–Trinajstić information content (AvgIpc) is 3.01. The number of aliphatic imine (C=N–C) groups is 1. The molecule has 1 heterocycles. The lowest BCUT2D eigenvalue weighted by molar-refractivity contribution is -0.125. The third kappa shape index (κ3) is 4.93. The van der Waals surface area contributed by atoms with Crippen LogP contribution in [0.2, 0.25) is 0 Å². The maximum absolute atomic E-state index is 14.1. The van der Waals surface area contributed by atoms with Gasteiger partial charge in [0.1, 0.15) is 24.7 Å². The van der Waals surface area contributed by atoms with E-state index in [9.17, 15) is 18.0 Å². The van der Waals surface area contributed by atoms with Gasteiger partial charge in [-0.1, -0.05) is 6.42 Å². The third-order valence-electron chi connectivity index (χ3n) is 5.67. The molecular formula is C18H30F3N5O. The van der Waals surface area contributed by atoms with Crippen LogP contribution in [-0.2, 0) is 4.79 Å². The number of hydrazine groups is 1. The predicted molar refractivity (Wildman–Crippen MR) is 97.1 cm³/mol. The van der Waals surface area contributed by atoms with Crippen molar-refractivity contribution in [2.45, 2.75) is 89.1 Å². The van der Waals surface area contributed by atoms with Crippen molar-refractivity contribution in [3.8, 4) is 0 Å². The Hall–Kier alpha value is -1.35. The van der Waals surface area contributed by atoms with E-state index in [1.165, 1.54) is 0 Å². The molecule has 7 unspecified atom stereocenters. The van der Waals surface area contributed by atoms with Gasteiger partial charge in [0.25, 0.3) is 0 Å². The van der Waals surface area contributed by atoms with Crippen molar-refractivity contribution in [3.63, 3.8) is 0 Å². The molecule has 1 amide bonds. The highest BCUT2D eigenvalue weighted by atomic mass is 19.2. The van der Waals surface area contributed by atoms with E-state index in [-0.39, 0.29) is 48.9 Å². The first-order valence-corrected chi connectivity index (χ1v) is 9.93. The van der Waals surface area contributed by atoms with E-state index in [4.69, 9.17) is 0 Å². The maximum Gasteiger partial charge on any atom is 0.229 e. The summed E-state index contributed by atoms with van der Waals surface area (Å²) < 4.78 is 41.0. The van der Waals surface area contributed by atoms with Crippen molar-refractivity contribution in [3.05, 3.63) is 0 Å². The number of hydrogen-bond donors (Lipinski definition) is 4. The van der Waals surface area contributed by atoms with Gasteiger partial charge >= 0.3 is 0 Å². The molecule has 0 bridgehead atoms. The van der Waals surface area contributed by atoms with Crippen LogP contribution in [0.1, 0.15) is 52.4 Å². The number of nitrogens with zero attached hydrogens (tertiary/aromatic N) is 1. The number of guanidine groups is 1. The van der Waals surface area contributed by atoms with Crippen LogP contribution in [-0.4, -0.2) is 48.6 Å². The average molecular weight is 389 g/mol. The third-order valence-corrected chi connectivity index (χ3v) is 5.67. The van der Waals surface area contributed by atoms with Gasteiger partial charge in [0.15, 0.2) is 5.96 Å². The zero-order valence-corrected chi connectivity index (χ0v) is 15.9. The Labute approximate surface area is 158 Å². The molecule has 0 aromatic carbocycles. The van der Waals surface area contributed by atoms with Crippen molar-refractivity contribution < 1.29 is 18.0 Å². The predicted octanol–water partition coefficient (Wildman–Crippen LogP) is 1.87. The van der Waals surface area contributed by atoms with Crippen molar-refractivity contribution >= 4 is 11.9 Å². The molecule has 6 nitrogen and oxygen atoms in total. The molecule has 1 aliphatic heterocycles. The molecular weight excluding hydrogens is 359 g/mol. The molecule has 3 rings (SSSR count). The minimum atomic E-state index is -1.60. The summed E-state index contributed by atoms with van der Waals surface area (Å²) in [6.45, 7) is 3.82. The fourth-order valence-corrected chi connectivity index (χ4v) is 4.20. The Balaban J connectivity index is 1.66. The maximum atomic E-state index is 14.1. The molecule has 4 N–H and O–H groups in total. The van der Waals surface area contributed by atoms with E-state index in [2.05, 4.69) is 26.5 Å². The van der Waals surface area contributed by atoms with Gasteiger partial charge in [-0.25, -0.2) is 29.0 Å². The molecule has 1 saturated heterocycles. The first-order valence-electron chi connectivity index (χ1n) is 9.93. The topological polar surface area (TPSA) is 77.6 Å². The largest absolute Gasteiger partial charge is 0.354 e. The molecule has 27 heavy (non-hydrogen) atoms. The molecule has 0 radical (unpaired) electrons. The van der Waals surface area contributed by atoms with Gasteiger partial charge in [-0.05, 0) is 46.0 Å². The molecule has 3 fully saturated rings. The fourth-order valence-electron chi connectivity index (χ4n) is 4.20. The molecule has 0 spiro atoms. The Morgan fingerprint density at radius 3 is 2.52 bits per heavy atom. The second-order valence-electron chi connectivity index (χ2n) is 8.18. The van der Waals surface area contributed by atoms with Gasteiger partial charge in [0.2, 0.25) is 5.91 Å². The number of hydrogen-bond acceptors (Lipinski definition) is 4. The lowest BCUT2D eigenvalue weighted by Crippen LogP contribution is -2.49. The summed E-state index contributed by atoms with van der Waals surface area (Å²) in [5.74, 6) is -0.634. The minimum Gasteiger partial charge on any atom is -0.354 e. The van der Waals surface area contributed by atoms with E-state index in [1.54, 1.807) is 0 Å².